The molecule has 0 aliphatic rings. The largest absolute Gasteiger partial charge is 0.263 e. The van der Waals surface area contributed by atoms with E-state index in [1.165, 1.54) is 12.1 Å². The number of aryl methyl sites for hydroxylation is 1. The molecule has 5 nitrogen and oxygen atoms in total. The van der Waals surface area contributed by atoms with Gasteiger partial charge in [-0.3, -0.25) is 4.72 Å². The van der Waals surface area contributed by atoms with Crippen LogP contribution in [-0.4, -0.2) is 13.4 Å². The van der Waals surface area contributed by atoms with Crippen molar-refractivity contribution in [1.29, 1.82) is 5.26 Å². The van der Waals surface area contributed by atoms with Crippen LogP contribution in [0.25, 0.3) is 0 Å². The van der Waals surface area contributed by atoms with Crippen LogP contribution in [0.15, 0.2) is 47.4 Å². The van der Waals surface area contributed by atoms with E-state index in [0.717, 1.165) is 11.3 Å². The quantitative estimate of drug-likeness (QED) is 0.935. The molecule has 0 aliphatic carbocycles. The maximum Gasteiger partial charge on any atom is 0.263 e. The summed E-state index contributed by atoms with van der Waals surface area (Å²) in [4.78, 5) is 4.24. The number of rotatable bonds is 4. The Morgan fingerprint density at radius 1 is 1.20 bits per heavy atom. The number of hydrogen-bond donors (Lipinski definition) is 1. The molecule has 0 amide bonds. The molecule has 102 valence electrons. The predicted molar refractivity (Wildman–Crippen MR) is 75.5 cm³/mol. The first-order chi connectivity index (χ1) is 9.51. The van der Waals surface area contributed by atoms with Crippen LogP contribution in [-0.2, 0) is 16.4 Å². The van der Waals surface area contributed by atoms with Crippen LogP contribution in [0.2, 0.25) is 0 Å². The molecule has 2 aromatic rings. The summed E-state index contributed by atoms with van der Waals surface area (Å²) >= 11 is 0. The van der Waals surface area contributed by atoms with Gasteiger partial charge in [0.05, 0.1) is 17.4 Å². The van der Waals surface area contributed by atoms with E-state index in [9.17, 15) is 8.42 Å². The van der Waals surface area contributed by atoms with Gasteiger partial charge in [0.15, 0.2) is 0 Å². The lowest BCUT2D eigenvalue weighted by Gasteiger charge is -2.08. The van der Waals surface area contributed by atoms with Crippen LogP contribution in [0, 0.1) is 18.3 Å². The van der Waals surface area contributed by atoms with Gasteiger partial charge in [-0.25, -0.2) is 13.4 Å². The summed E-state index contributed by atoms with van der Waals surface area (Å²) in [5, 5.41) is 8.58. The second-order valence-electron chi connectivity index (χ2n) is 4.25. The highest BCUT2D eigenvalue weighted by atomic mass is 32.2. The first-order valence-electron chi connectivity index (χ1n) is 5.93. The van der Waals surface area contributed by atoms with Crippen LogP contribution >= 0.6 is 0 Å². The topological polar surface area (TPSA) is 82.9 Å². The van der Waals surface area contributed by atoms with Crippen molar-refractivity contribution in [3.8, 4) is 6.07 Å². The fourth-order valence-corrected chi connectivity index (χ4v) is 2.68. The summed E-state index contributed by atoms with van der Waals surface area (Å²) in [5.41, 5.74) is 1.51. The van der Waals surface area contributed by atoms with Crippen LogP contribution < -0.4 is 4.72 Å². The van der Waals surface area contributed by atoms with Gasteiger partial charge >= 0.3 is 0 Å². The third-order valence-corrected chi connectivity index (χ3v) is 4.01. The standard InChI is InChI=1S/C14H13N3O2S/c1-11-3-2-4-14(16-11)17-20(18,19)13-7-5-12(6-8-13)9-10-15/h2-8H,9H2,1H3,(H,16,17). The van der Waals surface area contributed by atoms with Crippen molar-refractivity contribution in [3.05, 3.63) is 53.7 Å². The number of sulfonamides is 1. The van der Waals surface area contributed by atoms with Crippen molar-refractivity contribution in [2.45, 2.75) is 18.2 Å². The Morgan fingerprint density at radius 2 is 1.90 bits per heavy atom. The van der Waals surface area contributed by atoms with Crippen LogP contribution in [0.3, 0.4) is 0 Å². The first kappa shape index (κ1) is 14.0. The SMILES string of the molecule is Cc1cccc(NS(=O)(=O)c2ccc(CC#N)cc2)n1. The molecule has 0 fully saturated rings. The van der Waals surface area contributed by atoms with E-state index in [-0.39, 0.29) is 17.1 Å². The van der Waals surface area contributed by atoms with Gasteiger partial charge < -0.3 is 0 Å². The second-order valence-corrected chi connectivity index (χ2v) is 5.93. The summed E-state index contributed by atoms with van der Waals surface area (Å²) in [6, 6.07) is 13.3. The normalized spacial score (nSPS) is 10.8. The van der Waals surface area contributed by atoms with Crippen LogP contribution in [0.5, 0.6) is 0 Å². The highest BCUT2D eigenvalue weighted by Crippen LogP contribution is 2.15. The number of hydrogen-bond acceptors (Lipinski definition) is 4. The Morgan fingerprint density at radius 3 is 2.50 bits per heavy atom. The molecule has 20 heavy (non-hydrogen) atoms. The van der Waals surface area contributed by atoms with E-state index in [4.69, 9.17) is 5.26 Å². The molecule has 2 rings (SSSR count). The highest BCUT2D eigenvalue weighted by molar-refractivity contribution is 7.92. The maximum atomic E-state index is 12.2. The van der Waals surface area contributed by atoms with Gasteiger partial charge in [-0.2, -0.15) is 5.26 Å². The average molecular weight is 287 g/mol. The molecule has 0 bridgehead atoms. The van der Waals surface area contributed by atoms with E-state index in [2.05, 4.69) is 9.71 Å². The van der Waals surface area contributed by atoms with Crippen molar-refractivity contribution in [1.82, 2.24) is 4.98 Å². The first-order valence-corrected chi connectivity index (χ1v) is 7.42. The molecule has 1 heterocycles. The molecule has 0 saturated carbocycles. The van der Waals surface area contributed by atoms with Gasteiger partial charge in [-0.05, 0) is 36.8 Å². The molecule has 0 aliphatic heterocycles. The van der Waals surface area contributed by atoms with Crippen molar-refractivity contribution >= 4 is 15.8 Å². The molecule has 0 spiro atoms. The van der Waals surface area contributed by atoms with Gasteiger partial charge in [-0.1, -0.05) is 18.2 Å². The number of benzene rings is 1. The molecule has 1 aromatic carbocycles. The molecule has 1 N–H and O–H groups in total. The summed E-state index contributed by atoms with van der Waals surface area (Å²) in [5.74, 6) is 0.283. The van der Waals surface area contributed by atoms with Crippen molar-refractivity contribution in [3.63, 3.8) is 0 Å². The summed E-state index contributed by atoms with van der Waals surface area (Å²) in [7, 11) is -3.66. The molecular formula is C14H13N3O2S. The zero-order chi connectivity index (χ0) is 14.6. The lowest BCUT2D eigenvalue weighted by Crippen LogP contribution is -2.14. The minimum absolute atomic E-state index is 0.141. The minimum atomic E-state index is -3.66. The Balaban J connectivity index is 2.24. The van der Waals surface area contributed by atoms with Gasteiger partial charge in [0.1, 0.15) is 5.82 Å². The lowest BCUT2D eigenvalue weighted by atomic mass is 10.2. The number of pyridine rings is 1. The Kier molecular flexibility index (Phi) is 4.01. The van der Waals surface area contributed by atoms with Crippen LogP contribution in [0.1, 0.15) is 11.3 Å². The molecular weight excluding hydrogens is 274 g/mol. The van der Waals surface area contributed by atoms with E-state index in [0.29, 0.717) is 0 Å². The zero-order valence-electron chi connectivity index (χ0n) is 10.9. The summed E-state index contributed by atoms with van der Waals surface area (Å²) in [6.45, 7) is 1.79. The minimum Gasteiger partial charge on any atom is -0.263 e. The molecule has 1 aromatic heterocycles. The number of aromatic nitrogens is 1. The van der Waals surface area contributed by atoms with Crippen molar-refractivity contribution < 1.29 is 8.42 Å². The van der Waals surface area contributed by atoms with E-state index in [1.54, 1.807) is 37.3 Å². The predicted octanol–water partition coefficient (Wildman–Crippen LogP) is 2.26. The van der Waals surface area contributed by atoms with Crippen molar-refractivity contribution in [2.75, 3.05) is 4.72 Å². The van der Waals surface area contributed by atoms with Gasteiger partial charge in [0, 0.05) is 5.69 Å². The zero-order valence-corrected chi connectivity index (χ0v) is 11.7. The Bertz CT molecular complexity index is 747. The second kappa shape index (κ2) is 5.72. The Hall–Kier alpha value is -2.39. The third kappa shape index (κ3) is 3.33. The summed E-state index contributed by atoms with van der Waals surface area (Å²) in [6.07, 6.45) is 0.257. The number of nitriles is 1. The smallest absolute Gasteiger partial charge is 0.263 e. The monoisotopic (exact) mass is 287 g/mol. The Labute approximate surface area is 118 Å². The maximum absolute atomic E-state index is 12.2. The van der Waals surface area contributed by atoms with Gasteiger partial charge in [0.2, 0.25) is 0 Å². The molecule has 6 heteroatoms. The fraction of sp³-hybridized carbons (Fsp3) is 0.143. The molecule has 0 radical (unpaired) electrons. The highest BCUT2D eigenvalue weighted by Gasteiger charge is 2.14. The third-order valence-electron chi connectivity index (χ3n) is 2.64. The number of anilines is 1. The fourth-order valence-electron chi connectivity index (χ4n) is 1.67. The van der Waals surface area contributed by atoms with Gasteiger partial charge in [0.25, 0.3) is 10.0 Å². The number of nitrogens with one attached hydrogen (secondary N) is 1. The van der Waals surface area contributed by atoms with E-state index in [1.807, 2.05) is 6.07 Å². The van der Waals surface area contributed by atoms with E-state index < -0.39 is 10.0 Å². The van der Waals surface area contributed by atoms with E-state index >= 15 is 0 Å². The van der Waals surface area contributed by atoms with Gasteiger partial charge in [-0.15, -0.1) is 0 Å². The summed E-state index contributed by atoms with van der Waals surface area (Å²) < 4.78 is 26.8. The lowest BCUT2D eigenvalue weighted by molar-refractivity contribution is 0.601. The molecule has 0 atom stereocenters. The average Bonchev–Trinajstić information content (AvgIpc) is 2.39. The molecule has 0 unspecified atom stereocenters. The molecule has 0 saturated heterocycles. The van der Waals surface area contributed by atoms with Crippen molar-refractivity contribution in [2.24, 2.45) is 0 Å². The van der Waals surface area contributed by atoms with Crippen LogP contribution in [0.4, 0.5) is 5.82 Å². The number of nitrogens with zero attached hydrogens (tertiary/aromatic N) is 2.